The van der Waals surface area contributed by atoms with Crippen LogP contribution in [-0.2, 0) is 13.2 Å². The van der Waals surface area contributed by atoms with Gasteiger partial charge in [0.15, 0.2) is 5.49 Å². The summed E-state index contributed by atoms with van der Waals surface area (Å²) in [5, 5.41) is 0.815. The molecule has 0 aliphatic heterocycles. The molecular weight excluding hydrogens is 445 g/mol. The number of aryl methyl sites for hydroxylation is 1. The van der Waals surface area contributed by atoms with Gasteiger partial charge in [-0.1, -0.05) is 12.1 Å². The van der Waals surface area contributed by atoms with Crippen molar-refractivity contribution in [2.45, 2.75) is 44.8 Å². The van der Waals surface area contributed by atoms with E-state index in [9.17, 15) is 13.2 Å². The number of hydrogen-bond donors (Lipinski definition) is 0. The van der Waals surface area contributed by atoms with Gasteiger partial charge in [0, 0.05) is 18.4 Å². The largest absolute Gasteiger partial charge is 0.416 e. The van der Waals surface area contributed by atoms with Gasteiger partial charge in [0.25, 0.3) is 0 Å². The number of alkyl halides is 3. The number of aromatic nitrogens is 3. The molecule has 2 heterocycles. The van der Waals surface area contributed by atoms with Crippen molar-refractivity contribution in [3.63, 3.8) is 0 Å². The second-order valence-corrected chi connectivity index (χ2v) is 8.29. The van der Waals surface area contributed by atoms with E-state index in [1.54, 1.807) is 19.2 Å². The number of rotatable bonds is 3. The van der Waals surface area contributed by atoms with Gasteiger partial charge in [0.05, 0.1) is 23.3 Å². The summed E-state index contributed by atoms with van der Waals surface area (Å²) in [4.78, 5) is 13.9. The van der Waals surface area contributed by atoms with Crippen molar-refractivity contribution in [1.82, 2.24) is 14.5 Å². The molecule has 1 aromatic carbocycles. The summed E-state index contributed by atoms with van der Waals surface area (Å²) in [6, 6.07) is 5.62. The minimum Gasteiger partial charge on any atom is -0.331 e. The summed E-state index contributed by atoms with van der Waals surface area (Å²) in [5.41, 5.74) is 1.56. The van der Waals surface area contributed by atoms with Gasteiger partial charge in [-0.3, -0.25) is 4.99 Å². The number of benzene rings is 1. The SMILES string of the molecule is Cc1c(C(C)N=c2nc(C3CC3)n(C)c3cnc(Br)cc23)cccc1C(F)(F)F. The Balaban J connectivity index is 1.91. The molecule has 0 saturated heterocycles. The molecule has 1 fully saturated rings. The Morgan fingerprint density at radius 1 is 1.28 bits per heavy atom. The normalized spacial score (nSPS) is 16.4. The van der Waals surface area contributed by atoms with Gasteiger partial charge in [-0.15, -0.1) is 0 Å². The van der Waals surface area contributed by atoms with Crippen molar-refractivity contribution < 1.29 is 13.2 Å². The van der Waals surface area contributed by atoms with Crippen LogP contribution in [0.25, 0.3) is 10.9 Å². The summed E-state index contributed by atoms with van der Waals surface area (Å²) in [7, 11) is 1.96. The predicted molar refractivity (Wildman–Crippen MR) is 108 cm³/mol. The van der Waals surface area contributed by atoms with Crippen LogP contribution >= 0.6 is 15.9 Å². The number of fused-ring (bicyclic) bond motifs is 1. The molecule has 1 atom stereocenters. The monoisotopic (exact) mass is 464 g/mol. The van der Waals surface area contributed by atoms with Crippen LogP contribution in [0.4, 0.5) is 13.2 Å². The van der Waals surface area contributed by atoms with Gasteiger partial charge in [-0.05, 0) is 65.9 Å². The Kier molecular flexibility index (Phi) is 5.01. The Hall–Kier alpha value is -2.22. The number of hydrogen-bond acceptors (Lipinski definition) is 3. The first-order chi connectivity index (χ1) is 13.7. The third-order valence-electron chi connectivity index (χ3n) is 5.41. The van der Waals surface area contributed by atoms with Crippen molar-refractivity contribution in [2.75, 3.05) is 0 Å². The lowest BCUT2D eigenvalue weighted by Gasteiger charge is -2.17. The summed E-state index contributed by atoms with van der Waals surface area (Å²) < 4.78 is 42.6. The molecule has 0 bridgehead atoms. The van der Waals surface area contributed by atoms with Crippen molar-refractivity contribution in [1.29, 1.82) is 0 Å². The van der Waals surface area contributed by atoms with E-state index in [1.165, 1.54) is 13.0 Å². The molecule has 4 nitrogen and oxygen atoms in total. The summed E-state index contributed by atoms with van der Waals surface area (Å²) in [6.45, 7) is 3.30. The molecule has 1 aliphatic rings. The third kappa shape index (κ3) is 3.82. The first-order valence-corrected chi connectivity index (χ1v) is 10.2. The molecule has 3 aromatic rings. The number of nitrogens with zero attached hydrogens (tertiary/aromatic N) is 4. The highest BCUT2D eigenvalue weighted by atomic mass is 79.9. The average molecular weight is 465 g/mol. The minimum atomic E-state index is -4.39. The van der Waals surface area contributed by atoms with Gasteiger partial charge < -0.3 is 4.57 Å². The highest BCUT2D eigenvalue weighted by molar-refractivity contribution is 9.10. The van der Waals surface area contributed by atoms with E-state index in [0.717, 1.165) is 35.6 Å². The Bertz CT molecular complexity index is 1160. The Morgan fingerprint density at radius 2 is 2.00 bits per heavy atom. The zero-order valence-corrected chi connectivity index (χ0v) is 17.8. The maximum atomic E-state index is 13.3. The molecule has 4 rings (SSSR count). The third-order valence-corrected chi connectivity index (χ3v) is 5.84. The molecule has 2 aromatic heterocycles. The fourth-order valence-corrected chi connectivity index (χ4v) is 4.04. The van der Waals surface area contributed by atoms with Crippen molar-refractivity contribution in [2.24, 2.45) is 12.0 Å². The van der Waals surface area contributed by atoms with E-state index < -0.39 is 17.8 Å². The molecule has 0 radical (unpaired) electrons. The van der Waals surface area contributed by atoms with Gasteiger partial charge in [0.1, 0.15) is 10.4 Å². The van der Waals surface area contributed by atoms with Crippen LogP contribution in [0.1, 0.15) is 54.2 Å². The van der Waals surface area contributed by atoms with Crippen LogP contribution in [0.5, 0.6) is 0 Å². The van der Waals surface area contributed by atoms with Crippen LogP contribution in [0.15, 0.2) is 40.1 Å². The molecule has 0 spiro atoms. The van der Waals surface area contributed by atoms with Crippen molar-refractivity contribution in [3.05, 3.63) is 63.1 Å². The molecule has 0 N–H and O–H groups in total. The molecular formula is C21H20BrF3N4. The maximum Gasteiger partial charge on any atom is 0.416 e. The van der Waals surface area contributed by atoms with E-state index in [0.29, 0.717) is 21.6 Å². The van der Waals surface area contributed by atoms with Crippen LogP contribution in [0.2, 0.25) is 0 Å². The molecule has 1 unspecified atom stereocenters. The van der Waals surface area contributed by atoms with Gasteiger partial charge in [-0.25, -0.2) is 9.97 Å². The zero-order chi connectivity index (χ0) is 20.9. The predicted octanol–water partition coefficient (Wildman–Crippen LogP) is 5.60. The van der Waals surface area contributed by atoms with Crippen molar-refractivity contribution in [3.8, 4) is 0 Å². The molecule has 1 saturated carbocycles. The van der Waals surface area contributed by atoms with Crippen LogP contribution < -0.4 is 5.49 Å². The fourth-order valence-electron chi connectivity index (χ4n) is 3.71. The van der Waals surface area contributed by atoms with Gasteiger partial charge in [0.2, 0.25) is 0 Å². The second-order valence-electron chi connectivity index (χ2n) is 7.47. The van der Waals surface area contributed by atoms with E-state index >= 15 is 0 Å². The quantitative estimate of drug-likeness (QED) is 0.473. The summed E-state index contributed by atoms with van der Waals surface area (Å²) in [6.07, 6.45) is -0.455. The topological polar surface area (TPSA) is 43.1 Å². The zero-order valence-electron chi connectivity index (χ0n) is 16.3. The van der Waals surface area contributed by atoms with Gasteiger partial charge in [-0.2, -0.15) is 13.2 Å². The highest BCUT2D eigenvalue weighted by Crippen LogP contribution is 2.39. The molecule has 152 valence electrons. The average Bonchev–Trinajstić information content (AvgIpc) is 3.48. The molecule has 0 amide bonds. The molecule has 1 aliphatic carbocycles. The second kappa shape index (κ2) is 7.23. The number of pyridine rings is 1. The fraction of sp³-hybridized carbons (Fsp3) is 0.381. The van der Waals surface area contributed by atoms with E-state index in [4.69, 9.17) is 9.98 Å². The smallest absolute Gasteiger partial charge is 0.331 e. The lowest BCUT2D eigenvalue weighted by Crippen LogP contribution is -2.19. The van der Waals surface area contributed by atoms with E-state index in [-0.39, 0.29) is 5.56 Å². The van der Waals surface area contributed by atoms with Gasteiger partial charge >= 0.3 is 6.18 Å². The van der Waals surface area contributed by atoms with Crippen LogP contribution in [0, 0.1) is 6.92 Å². The standard InChI is InChI=1S/C21H20BrF3N4/c1-11-14(5-4-6-16(11)21(23,24)25)12(2)27-19-15-9-18(22)26-10-17(15)29(3)20(28-19)13-7-8-13/h4-6,9-10,12-13H,7-8H2,1-3H3. The van der Waals surface area contributed by atoms with E-state index in [1.807, 2.05) is 17.7 Å². The Morgan fingerprint density at radius 3 is 2.66 bits per heavy atom. The lowest BCUT2D eigenvalue weighted by molar-refractivity contribution is -0.138. The lowest BCUT2D eigenvalue weighted by atomic mass is 9.97. The number of halogens is 4. The van der Waals surface area contributed by atoms with Crippen molar-refractivity contribution >= 4 is 26.8 Å². The molecule has 8 heteroatoms. The van der Waals surface area contributed by atoms with Crippen LogP contribution in [-0.4, -0.2) is 14.5 Å². The Labute approximate surface area is 174 Å². The summed E-state index contributed by atoms with van der Waals surface area (Å²) in [5.74, 6) is 1.33. The minimum absolute atomic E-state index is 0.201. The van der Waals surface area contributed by atoms with E-state index in [2.05, 4.69) is 20.9 Å². The van der Waals surface area contributed by atoms with Crippen LogP contribution in [0.3, 0.4) is 0 Å². The first kappa shape index (κ1) is 20.1. The highest BCUT2D eigenvalue weighted by Gasteiger charge is 2.33. The molecule has 29 heavy (non-hydrogen) atoms. The summed E-state index contributed by atoms with van der Waals surface area (Å²) >= 11 is 3.39. The maximum absolute atomic E-state index is 13.3. The first-order valence-electron chi connectivity index (χ1n) is 9.39.